The predicted octanol–water partition coefficient (Wildman–Crippen LogP) is 3.26. The fourth-order valence-corrected chi connectivity index (χ4v) is 2.12. The van der Waals surface area contributed by atoms with E-state index in [0.29, 0.717) is 0 Å². The van der Waals surface area contributed by atoms with Gasteiger partial charge in [-0.3, -0.25) is 4.79 Å². The SMILES string of the molecule is COCC(C)(C)NC(=O)C[C@@H](c1ccccc1)C(F)(F)F. The molecule has 6 heteroatoms. The van der Waals surface area contributed by atoms with Crippen molar-refractivity contribution in [2.45, 2.75) is 37.9 Å². The lowest BCUT2D eigenvalue weighted by atomic mass is 9.94. The van der Waals surface area contributed by atoms with E-state index < -0.39 is 30.0 Å². The fourth-order valence-electron chi connectivity index (χ4n) is 2.12. The fraction of sp³-hybridized carbons (Fsp3) is 0.533. The van der Waals surface area contributed by atoms with Crippen LogP contribution >= 0.6 is 0 Å². The molecule has 21 heavy (non-hydrogen) atoms. The van der Waals surface area contributed by atoms with Gasteiger partial charge in [-0.2, -0.15) is 13.2 Å². The minimum Gasteiger partial charge on any atom is -0.382 e. The normalized spacial score (nSPS) is 13.8. The van der Waals surface area contributed by atoms with Crippen LogP contribution in [0.25, 0.3) is 0 Å². The third kappa shape index (κ3) is 5.75. The highest BCUT2D eigenvalue weighted by atomic mass is 19.4. The van der Waals surface area contributed by atoms with Gasteiger partial charge in [-0.15, -0.1) is 0 Å². The number of rotatable bonds is 6. The summed E-state index contributed by atoms with van der Waals surface area (Å²) in [7, 11) is 1.47. The van der Waals surface area contributed by atoms with Crippen molar-refractivity contribution >= 4 is 5.91 Å². The Labute approximate surface area is 122 Å². The molecule has 1 atom stereocenters. The summed E-state index contributed by atoms with van der Waals surface area (Å²) < 4.78 is 44.4. The molecular weight excluding hydrogens is 283 g/mol. The number of ether oxygens (including phenoxy) is 1. The van der Waals surface area contributed by atoms with Gasteiger partial charge in [0.15, 0.2) is 0 Å². The molecular formula is C15H20F3NO2. The molecule has 1 aromatic rings. The Balaban J connectivity index is 2.82. The molecule has 0 unspecified atom stereocenters. The molecule has 0 heterocycles. The largest absolute Gasteiger partial charge is 0.396 e. The van der Waals surface area contributed by atoms with Crippen LogP contribution in [0.3, 0.4) is 0 Å². The third-order valence-corrected chi connectivity index (χ3v) is 2.97. The van der Waals surface area contributed by atoms with Crippen LogP contribution in [0.5, 0.6) is 0 Å². The Kier molecular flexibility index (Phi) is 5.78. The lowest BCUT2D eigenvalue weighted by Gasteiger charge is -2.27. The second-order valence-electron chi connectivity index (χ2n) is 5.57. The van der Waals surface area contributed by atoms with E-state index in [-0.39, 0.29) is 12.2 Å². The number of hydrogen-bond donors (Lipinski definition) is 1. The van der Waals surface area contributed by atoms with Crippen molar-refractivity contribution in [2.75, 3.05) is 13.7 Å². The number of alkyl halides is 3. The molecule has 1 N–H and O–H groups in total. The first-order chi connectivity index (χ1) is 9.65. The van der Waals surface area contributed by atoms with Crippen molar-refractivity contribution in [3.8, 4) is 0 Å². The highest BCUT2D eigenvalue weighted by molar-refractivity contribution is 5.77. The second kappa shape index (κ2) is 6.93. The molecule has 3 nitrogen and oxygen atoms in total. The average molecular weight is 303 g/mol. The number of nitrogens with one attached hydrogen (secondary N) is 1. The van der Waals surface area contributed by atoms with E-state index in [1.165, 1.54) is 31.4 Å². The summed E-state index contributed by atoms with van der Waals surface area (Å²) in [4.78, 5) is 11.9. The summed E-state index contributed by atoms with van der Waals surface area (Å²) in [6.07, 6.45) is -5.11. The lowest BCUT2D eigenvalue weighted by molar-refractivity contribution is -0.157. The van der Waals surface area contributed by atoms with Crippen LogP contribution in [0.1, 0.15) is 31.7 Å². The summed E-state index contributed by atoms with van der Waals surface area (Å²) in [5.41, 5.74) is -0.622. The van der Waals surface area contributed by atoms with E-state index in [4.69, 9.17) is 4.74 Å². The van der Waals surface area contributed by atoms with Crippen molar-refractivity contribution in [3.63, 3.8) is 0 Å². The average Bonchev–Trinajstić information content (AvgIpc) is 2.35. The van der Waals surface area contributed by atoms with Crippen molar-refractivity contribution in [1.82, 2.24) is 5.32 Å². The summed E-state index contributed by atoms with van der Waals surface area (Å²) >= 11 is 0. The van der Waals surface area contributed by atoms with Gasteiger partial charge in [0.2, 0.25) is 5.91 Å². The molecule has 0 aliphatic rings. The number of benzene rings is 1. The Bertz CT molecular complexity index is 458. The maximum absolute atomic E-state index is 13.1. The molecule has 1 rings (SSSR count). The Morgan fingerprint density at radius 1 is 1.24 bits per heavy atom. The van der Waals surface area contributed by atoms with Gasteiger partial charge >= 0.3 is 6.18 Å². The lowest BCUT2D eigenvalue weighted by Crippen LogP contribution is -2.47. The van der Waals surface area contributed by atoms with Gasteiger partial charge in [0, 0.05) is 13.5 Å². The number of amides is 1. The maximum atomic E-state index is 13.1. The van der Waals surface area contributed by atoms with E-state index in [9.17, 15) is 18.0 Å². The Morgan fingerprint density at radius 2 is 1.81 bits per heavy atom. The van der Waals surface area contributed by atoms with Gasteiger partial charge in [0.25, 0.3) is 0 Å². The smallest absolute Gasteiger partial charge is 0.382 e. The number of hydrogen-bond acceptors (Lipinski definition) is 2. The first kappa shape index (κ1) is 17.5. The highest BCUT2D eigenvalue weighted by Crippen LogP contribution is 2.37. The van der Waals surface area contributed by atoms with Crippen LogP contribution < -0.4 is 5.32 Å². The van der Waals surface area contributed by atoms with Gasteiger partial charge in [-0.25, -0.2) is 0 Å². The molecule has 1 aromatic carbocycles. The summed E-state index contributed by atoms with van der Waals surface area (Å²) in [5, 5.41) is 2.57. The number of carbonyl (C=O) groups excluding carboxylic acids is 1. The van der Waals surface area contributed by atoms with Gasteiger partial charge in [-0.1, -0.05) is 30.3 Å². The zero-order valence-corrected chi connectivity index (χ0v) is 12.3. The quantitative estimate of drug-likeness (QED) is 0.876. The van der Waals surface area contributed by atoms with Crippen molar-refractivity contribution < 1.29 is 22.7 Å². The van der Waals surface area contributed by atoms with E-state index in [1.807, 2.05) is 0 Å². The first-order valence-corrected chi connectivity index (χ1v) is 6.57. The summed E-state index contributed by atoms with van der Waals surface area (Å²) in [6, 6.07) is 7.46. The molecule has 0 saturated heterocycles. The monoisotopic (exact) mass is 303 g/mol. The molecule has 1 amide bonds. The van der Waals surface area contributed by atoms with Crippen LogP contribution in [-0.2, 0) is 9.53 Å². The van der Waals surface area contributed by atoms with Gasteiger partial charge < -0.3 is 10.1 Å². The second-order valence-corrected chi connectivity index (χ2v) is 5.57. The van der Waals surface area contributed by atoms with E-state index in [0.717, 1.165) is 0 Å². The summed E-state index contributed by atoms with van der Waals surface area (Å²) in [5.74, 6) is -2.46. The maximum Gasteiger partial charge on any atom is 0.396 e. The molecule has 0 aromatic heterocycles. The molecule has 0 spiro atoms. The van der Waals surface area contributed by atoms with Gasteiger partial charge in [0.1, 0.15) is 0 Å². The zero-order valence-electron chi connectivity index (χ0n) is 12.3. The van der Waals surface area contributed by atoms with Crippen molar-refractivity contribution in [2.24, 2.45) is 0 Å². The van der Waals surface area contributed by atoms with E-state index >= 15 is 0 Å². The van der Waals surface area contributed by atoms with Crippen LogP contribution in [0.15, 0.2) is 30.3 Å². The molecule has 0 saturated carbocycles. The van der Waals surface area contributed by atoms with E-state index in [1.54, 1.807) is 19.9 Å². The minimum atomic E-state index is -4.47. The number of halogens is 3. The minimum absolute atomic E-state index is 0.0877. The Morgan fingerprint density at radius 3 is 2.29 bits per heavy atom. The number of carbonyl (C=O) groups is 1. The van der Waals surface area contributed by atoms with Gasteiger partial charge in [0.05, 0.1) is 18.1 Å². The van der Waals surface area contributed by atoms with E-state index in [2.05, 4.69) is 5.32 Å². The van der Waals surface area contributed by atoms with Crippen LogP contribution in [0.4, 0.5) is 13.2 Å². The Hall–Kier alpha value is -1.56. The van der Waals surface area contributed by atoms with Crippen LogP contribution in [0.2, 0.25) is 0 Å². The first-order valence-electron chi connectivity index (χ1n) is 6.57. The van der Waals surface area contributed by atoms with Crippen LogP contribution in [-0.4, -0.2) is 31.3 Å². The highest BCUT2D eigenvalue weighted by Gasteiger charge is 2.42. The predicted molar refractivity (Wildman–Crippen MR) is 74.0 cm³/mol. The molecule has 0 aliphatic heterocycles. The third-order valence-electron chi connectivity index (χ3n) is 2.97. The zero-order chi connectivity index (χ0) is 16.1. The topological polar surface area (TPSA) is 38.3 Å². The van der Waals surface area contributed by atoms with Gasteiger partial charge in [-0.05, 0) is 19.4 Å². The molecule has 118 valence electrons. The van der Waals surface area contributed by atoms with Crippen molar-refractivity contribution in [3.05, 3.63) is 35.9 Å². The summed E-state index contributed by atoms with van der Waals surface area (Å²) in [6.45, 7) is 3.61. The van der Waals surface area contributed by atoms with Crippen molar-refractivity contribution in [1.29, 1.82) is 0 Å². The molecule has 0 bridgehead atoms. The van der Waals surface area contributed by atoms with Crippen LogP contribution in [0, 0.1) is 0 Å². The molecule has 0 aliphatic carbocycles. The number of methoxy groups -OCH3 is 1. The molecule has 0 fully saturated rings. The molecule has 0 radical (unpaired) electrons. The standard InChI is InChI=1S/C15H20F3NO2/c1-14(2,10-21-3)19-13(20)9-12(15(16,17)18)11-7-5-4-6-8-11/h4-8,12H,9-10H2,1-3H3,(H,19,20)/t12-/m0/s1.